The molecule has 3 N–H and O–H groups in total. The second-order valence-corrected chi connectivity index (χ2v) is 6.27. The van der Waals surface area contributed by atoms with E-state index in [0.29, 0.717) is 0 Å². The summed E-state index contributed by atoms with van der Waals surface area (Å²) in [6.45, 7) is 2.01. The third kappa shape index (κ3) is 2.91. The Balaban J connectivity index is 2.15. The van der Waals surface area contributed by atoms with Gasteiger partial charge in [0.25, 0.3) is 0 Å². The first-order chi connectivity index (χ1) is 11.5. The molecule has 3 nitrogen and oxygen atoms in total. The fourth-order valence-electron chi connectivity index (χ4n) is 3.41. The quantitative estimate of drug-likeness (QED) is 0.738. The van der Waals surface area contributed by atoms with Gasteiger partial charge in [0.1, 0.15) is 0 Å². The van der Waals surface area contributed by atoms with E-state index in [4.69, 9.17) is 5.73 Å². The summed E-state index contributed by atoms with van der Waals surface area (Å²) in [6.07, 6.45) is -0.124. The number of carbonyl (C=O) groups is 1. The van der Waals surface area contributed by atoms with E-state index in [2.05, 4.69) is 18.2 Å². The highest BCUT2D eigenvalue weighted by atomic mass is 16.4. The molecule has 1 unspecified atom stereocenters. The summed E-state index contributed by atoms with van der Waals surface area (Å²) in [5.74, 6) is -1.05. The van der Waals surface area contributed by atoms with Crippen molar-refractivity contribution in [1.29, 1.82) is 0 Å². The van der Waals surface area contributed by atoms with Gasteiger partial charge in [0, 0.05) is 5.92 Å². The normalized spacial score (nSPS) is 14.9. The number of hydrogen-bond acceptors (Lipinski definition) is 2. The Morgan fingerprint density at radius 3 is 2.33 bits per heavy atom. The van der Waals surface area contributed by atoms with Gasteiger partial charge in [-0.25, -0.2) is 0 Å². The summed E-state index contributed by atoms with van der Waals surface area (Å²) in [5.41, 5.74) is 7.64. The Hall–Kier alpha value is -2.65. The molecule has 3 aromatic rings. The van der Waals surface area contributed by atoms with Crippen LogP contribution in [-0.4, -0.2) is 11.1 Å². The Labute approximate surface area is 141 Å². The molecule has 0 spiro atoms. The van der Waals surface area contributed by atoms with E-state index in [1.54, 1.807) is 0 Å². The second-order valence-electron chi connectivity index (χ2n) is 6.27. The van der Waals surface area contributed by atoms with E-state index < -0.39 is 11.5 Å². The molecule has 2 atom stereocenters. The third-order valence-corrected chi connectivity index (χ3v) is 4.82. The zero-order valence-corrected chi connectivity index (χ0v) is 13.6. The highest BCUT2D eigenvalue weighted by molar-refractivity contribution is 5.86. The molecule has 0 fully saturated rings. The molecule has 0 amide bonds. The molecule has 0 aliphatic heterocycles. The zero-order chi connectivity index (χ0) is 17.2. The first kappa shape index (κ1) is 16.2. The molecule has 0 bridgehead atoms. The maximum atomic E-state index is 11.5. The van der Waals surface area contributed by atoms with Gasteiger partial charge in [0.15, 0.2) is 0 Å². The van der Waals surface area contributed by atoms with Crippen molar-refractivity contribution in [1.82, 2.24) is 0 Å². The van der Waals surface area contributed by atoms with Crippen LogP contribution in [0.3, 0.4) is 0 Å². The zero-order valence-electron chi connectivity index (χ0n) is 13.6. The summed E-state index contributed by atoms with van der Waals surface area (Å²) in [6, 6.07) is 23.7. The summed E-state index contributed by atoms with van der Waals surface area (Å²) in [4.78, 5) is 11.5. The average Bonchev–Trinajstić information content (AvgIpc) is 2.60. The van der Waals surface area contributed by atoms with E-state index >= 15 is 0 Å². The predicted molar refractivity (Wildman–Crippen MR) is 96.9 cm³/mol. The van der Waals surface area contributed by atoms with Gasteiger partial charge < -0.3 is 10.8 Å². The van der Waals surface area contributed by atoms with E-state index in [1.807, 2.05) is 61.5 Å². The van der Waals surface area contributed by atoms with Crippen LogP contribution in [-0.2, 0) is 10.3 Å². The monoisotopic (exact) mass is 319 g/mol. The van der Waals surface area contributed by atoms with Gasteiger partial charge in [-0.3, -0.25) is 4.79 Å². The maximum absolute atomic E-state index is 11.5. The predicted octanol–water partition coefficient (Wildman–Crippen LogP) is 4.27. The highest BCUT2D eigenvalue weighted by Gasteiger charge is 2.37. The van der Waals surface area contributed by atoms with E-state index in [9.17, 15) is 9.90 Å². The SMILES string of the molecule is CC(c1cccc2ccccc12)[C@](N)(CC(=O)O)c1ccccc1. The lowest BCUT2D eigenvalue weighted by Crippen LogP contribution is -2.43. The molecule has 0 radical (unpaired) electrons. The van der Waals surface area contributed by atoms with Crippen LogP contribution in [0, 0.1) is 0 Å². The molecule has 0 aromatic heterocycles. The van der Waals surface area contributed by atoms with Crippen LogP contribution >= 0.6 is 0 Å². The Morgan fingerprint density at radius 2 is 1.62 bits per heavy atom. The van der Waals surface area contributed by atoms with Crippen molar-refractivity contribution in [2.24, 2.45) is 5.73 Å². The largest absolute Gasteiger partial charge is 0.481 e. The minimum atomic E-state index is -0.975. The van der Waals surface area contributed by atoms with E-state index in [1.165, 1.54) is 0 Å². The van der Waals surface area contributed by atoms with Gasteiger partial charge in [-0.1, -0.05) is 79.7 Å². The van der Waals surface area contributed by atoms with Gasteiger partial charge >= 0.3 is 5.97 Å². The van der Waals surface area contributed by atoms with Gasteiger partial charge in [-0.2, -0.15) is 0 Å². The molecule has 122 valence electrons. The number of carboxylic acid groups (broad SMARTS) is 1. The molecule has 0 saturated carbocycles. The molecule has 0 aliphatic rings. The fraction of sp³-hybridized carbons (Fsp3) is 0.190. The Morgan fingerprint density at radius 1 is 1.00 bits per heavy atom. The summed E-state index contributed by atoms with van der Waals surface area (Å²) in [5, 5.41) is 11.7. The molecular weight excluding hydrogens is 298 g/mol. The number of carboxylic acids is 1. The van der Waals surface area contributed by atoms with Crippen LogP contribution in [0.2, 0.25) is 0 Å². The maximum Gasteiger partial charge on any atom is 0.305 e. The van der Waals surface area contributed by atoms with Crippen LogP contribution in [0.1, 0.15) is 30.4 Å². The van der Waals surface area contributed by atoms with Gasteiger partial charge in [-0.05, 0) is 21.9 Å². The van der Waals surface area contributed by atoms with Gasteiger partial charge in [0.2, 0.25) is 0 Å². The number of hydrogen-bond donors (Lipinski definition) is 2. The first-order valence-corrected chi connectivity index (χ1v) is 8.06. The van der Waals surface area contributed by atoms with E-state index in [0.717, 1.165) is 21.9 Å². The summed E-state index contributed by atoms with van der Waals surface area (Å²) >= 11 is 0. The Bertz CT molecular complexity index is 855. The number of aliphatic carboxylic acids is 1. The molecule has 3 heteroatoms. The summed E-state index contributed by atoms with van der Waals surface area (Å²) < 4.78 is 0. The minimum Gasteiger partial charge on any atom is -0.481 e. The molecule has 0 aliphatic carbocycles. The molecule has 3 aromatic carbocycles. The van der Waals surface area contributed by atoms with Gasteiger partial charge in [0.05, 0.1) is 12.0 Å². The number of benzene rings is 3. The van der Waals surface area contributed by atoms with Crippen LogP contribution in [0.4, 0.5) is 0 Å². The van der Waals surface area contributed by atoms with Crippen LogP contribution < -0.4 is 5.73 Å². The standard InChI is InChI=1S/C21H21NO2/c1-15(18-13-7-9-16-8-5-6-12-19(16)18)21(22,14-20(23)24)17-10-3-2-4-11-17/h2-13,15H,14,22H2,1H3,(H,23,24)/t15?,21-/m1/s1. The molecular formula is C21H21NO2. The van der Waals surface area contributed by atoms with Crippen molar-refractivity contribution >= 4 is 16.7 Å². The van der Waals surface area contributed by atoms with Crippen LogP contribution in [0.5, 0.6) is 0 Å². The second kappa shape index (κ2) is 6.46. The molecule has 24 heavy (non-hydrogen) atoms. The number of nitrogens with two attached hydrogens (primary N) is 1. The molecule has 3 rings (SSSR count). The number of fused-ring (bicyclic) bond motifs is 1. The lowest BCUT2D eigenvalue weighted by Gasteiger charge is -2.36. The van der Waals surface area contributed by atoms with Crippen molar-refractivity contribution in [3.05, 3.63) is 83.9 Å². The summed E-state index contributed by atoms with van der Waals surface area (Å²) in [7, 11) is 0. The Kier molecular flexibility index (Phi) is 4.36. The van der Waals surface area contributed by atoms with Crippen molar-refractivity contribution in [2.45, 2.75) is 24.8 Å². The lowest BCUT2D eigenvalue weighted by atomic mass is 9.73. The lowest BCUT2D eigenvalue weighted by molar-refractivity contribution is -0.138. The highest BCUT2D eigenvalue weighted by Crippen LogP contribution is 2.40. The number of rotatable bonds is 5. The molecule has 0 heterocycles. The van der Waals surface area contributed by atoms with Crippen LogP contribution in [0.15, 0.2) is 72.8 Å². The first-order valence-electron chi connectivity index (χ1n) is 8.06. The third-order valence-electron chi connectivity index (χ3n) is 4.82. The van der Waals surface area contributed by atoms with E-state index in [-0.39, 0.29) is 12.3 Å². The smallest absolute Gasteiger partial charge is 0.305 e. The van der Waals surface area contributed by atoms with Crippen molar-refractivity contribution < 1.29 is 9.90 Å². The van der Waals surface area contributed by atoms with Crippen LogP contribution in [0.25, 0.3) is 10.8 Å². The minimum absolute atomic E-state index is 0.124. The topological polar surface area (TPSA) is 63.3 Å². The van der Waals surface area contributed by atoms with Crippen molar-refractivity contribution in [2.75, 3.05) is 0 Å². The van der Waals surface area contributed by atoms with Crippen molar-refractivity contribution in [3.63, 3.8) is 0 Å². The van der Waals surface area contributed by atoms with Crippen molar-refractivity contribution in [3.8, 4) is 0 Å². The fourth-order valence-corrected chi connectivity index (χ4v) is 3.41. The van der Waals surface area contributed by atoms with Gasteiger partial charge in [-0.15, -0.1) is 0 Å². The average molecular weight is 319 g/mol. The molecule has 0 saturated heterocycles.